The van der Waals surface area contributed by atoms with Crippen molar-refractivity contribution in [3.05, 3.63) is 90.0 Å². The van der Waals surface area contributed by atoms with Crippen LogP contribution < -0.4 is 15.9 Å². The molecule has 2 atom stereocenters. The van der Waals surface area contributed by atoms with Crippen molar-refractivity contribution in [3.63, 3.8) is 0 Å². The molecular weight excluding hydrogens is 373 g/mol. The lowest BCUT2D eigenvalue weighted by Crippen LogP contribution is -2.24. The zero-order valence-corrected chi connectivity index (χ0v) is 18.1. The fourth-order valence-electron chi connectivity index (χ4n) is 4.33. The van der Waals surface area contributed by atoms with Crippen molar-refractivity contribution in [2.24, 2.45) is 10.4 Å². The Kier molecular flexibility index (Phi) is 4.56. The Morgan fingerprint density at radius 2 is 1.45 bits per heavy atom. The monoisotopic (exact) mass is 399 g/mol. The van der Waals surface area contributed by atoms with Gasteiger partial charge in [-0.05, 0) is 35.0 Å². The Morgan fingerprint density at radius 1 is 0.828 bits per heavy atom. The van der Waals surface area contributed by atoms with Crippen molar-refractivity contribution in [3.8, 4) is 0 Å². The molecule has 0 unspecified atom stereocenters. The van der Waals surface area contributed by atoms with Crippen LogP contribution in [0.3, 0.4) is 0 Å². The molecule has 2 aliphatic rings. The number of nitrogens with zero attached hydrogens (tertiary/aromatic N) is 1. The van der Waals surface area contributed by atoms with Crippen LogP contribution in [0.5, 0.6) is 0 Å². The lowest BCUT2D eigenvalue weighted by molar-refractivity contribution is 0.185. The van der Waals surface area contributed by atoms with Crippen LogP contribution in [0.1, 0.15) is 37.9 Å². The largest absolute Gasteiger partial charge is 0.474 e. The third-order valence-electron chi connectivity index (χ3n) is 5.67. The predicted molar refractivity (Wildman–Crippen MR) is 123 cm³/mol. The summed E-state index contributed by atoms with van der Waals surface area (Å²) in [6.07, 6.45) is 1.09. The maximum absolute atomic E-state index is 6.34. The molecular formula is C26H26NOP. The van der Waals surface area contributed by atoms with E-state index in [1.165, 1.54) is 27.0 Å². The normalized spacial score (nSPS) is 20.2. The number of hydrogen-bond acceptors (Lipinski definition) is 2. The molecule has 1 heterocycles. The van der Waals surface area contributed by atoms with Crippen LogP contribution in [0.4, 0.5) is 0 Å². The summed E-state index contributed by atoms with van der Waals surface area (Å²) in [5, 5.41) is 4.18. The smallest absolute Gasteiger partial charge is 0.189 e. The van der Waals surface area contributed by atoms with E-state index in [-0.39, 0.29) is 17.6 Å². The van der Waals surface area contributed by atoms with Crippen LogP contribution >= 0.6 is 7.92 Å². The quantitative estimate of drug-likeness (QED) is 0.575. The van der Waals surface area contributed by atoms with Gasteiger partial charge in [-0.2, -0.15) is 0 Å². The van der Waals surface area contributed by atoms with Crippen molar-refractivity contribution in [1.29, 1.82) is 0 Å². The minimum absolute atomic E-state index is 0.0525. The van der Waals surface area contributed by atoms with Gasteiger partial charge >= 0.3 is 0 Å². The van der Waals surface area contributed by atoms with Gasteiger partial charge in [-0.3, -0.25) is 0 Å². The highest BCUT2D eigenvalue weighted by molar-refractivity contribution is 7.79. The molecule has 3 aromatic rings. The highest BCUT2D eigenvalue weighted by atomic mass is 31.1. The number of hydrogen-bond donors (Lipinski definition) is 0. The van der Waals surface area contributed by atoms with Gasteiger partial charge in [0.1, 0.15) is 12.1 Å². The first-order chi connectivity index (χ1) is 14.0. The van der Waals surface area contributed by atoms with Crippen LogP contribution in [0.25, 0.3) is 0 Å². The molecule has 3 heteroatoms. The van der Waals surface area contributed by atoms with E-state index in [4.69, 9.17) is 9.73 Å². The van der Waals surface area contributed by atoms with E-state index in [0.717, 1.165) is 12.3 Å². The van der Waals surface area contributed by atoms with Crippen molar-refractivity contribution < 1.29 is 4.74 Å². The maximum Gasteiger partial charge on any atom is 0.189 e. The Labute approximate surface area is 174 Å². The molecule has 0 saturated carbocycles. The third kappa shape index (κ3) is 3.30. The van der Waals surface area contributed by atoms with Crippen molar-refractivity contribution in [2.75, 3.05) is 0 Å². The summed E-state index contributed by atoms with van der Waals surface area (Å²) in [7, 11) is -0.640. The van der Waals surface area contributed by atoms with E-state index >= 15 is 0 Å². The number of benzene rings is 3. The van der Waals surface area contributed by atoms with Crippen LogP contribution in [-0.4, -0.2) is 12.0 Å². The average Bonchev–Trinajstić information content (AvgIpc) is 3.28. The van der Waals surface area contributed by atoms with Gasteiger partial charge in [-0.25, -0.2) is 4.99 Å². The Balaban J connectivity index is 1.67. The molecule has 5 rings (SSSR count). The second kappa shape index (κ2) is 7.11. The van der Waals surface area contributed by atoms with Gasteiger partial charge in [0.25, 0.3) is 0 Å². The van der Waals surface area contributed by atoms with E-state index in [9.17, 15) is 0 Å². The number of aliphatic imine (C=N–C) groups is 1. The van der Waals surface area contributed by atoms with E-state index in [1.54, 1.807) is 0 Å². The molecule has 0 amide bonds. The second-order valence-electron chi connectivity index (χ2n) is 8.85. The Bertz CT molecular complexity index is 1010. The van der Waals surface area contributed by atoms with E-state index in [2.05, 4.69) is 99.6 Å². The third-order valence-corrected chi connectivity index (χ3v) is 8.17. The van der Waals surface area contributed by atoms with Gasteiger partial charge in [0.2, 0.25) is 0 Å². The van der Waals surface area contributed by atoms with Gasteiger partial charge in [0.05, 0.1) is 0 Å². The molecule has 0 radical (unpaired) electrons. The standard InChI is InChI=1S/C26H26NOP/c1-26(2,3)25-27-24-21(28-25)17-18-11-10-16-22(23(18)24)29(19-12-6-4-7-13-19)20-14-8-5-9-15-20/h4-16,21,24H,17H2,1-3H3/t21-,24-/m1/s1. The minimum Gasteiger partial charge on any atom is -0.474 e. The molecule has 146 valence electrons. The van der Waals surface area contributed by atoms with Gasteiger partial charge < -0.3 is 4.74 Å². The Hall–Kier alpha value is -2.44. The molecule has 2 nitrogen and oxygen atoms in total. The van der Waals surface area contributed by atoms with Gasteiger partial charge in [-0.1, -0.05) is 99.6 Å². The Morgan fingerprint density at radius 3 is 2.03 bits per heavy atom. The summed E-state index contributed by atoms with van der Waals surface area (Å²) in [5.74, 6) is 0.900. The number of fused-ring (bicyclic) bond motifs is 3. The predicted octanol–water partition coefficient (Wildman–Crippen LogP) is 4.89. The molecule has 0 aromatic heterocycles. The topological polar surface area (TPSA) is 21.6 Å². The van der Waals surface area contributed by atoms with Crippen LogP contribution in [0.2, 0.25) is 0 Å². The maximum atomic E-state index is 6.34. The lowest BCUT2D eigenvalue weighted by atomic mass is 9.97. The first kappa shape index (κ1) is 18.6. The average molecular weight is 399 g/mol. The second-order valence-corrected chi connectivity index (χ2v) is 11.0. The fourth-order valence-corrected chi connectivity index (χ4v) is 6.88. The minimum atomic E-state index is -0.640. The highest BCUT2D eigenvalue weighted by Crippen LogP contribution is 2.46. The number of rotatable bonds is 3. The SMILES string of the molecule is CC(C)(C)C1=N[C@H]2c3c(cccc3P(c3ccccc3)c3ccccc3)C[C@H]2O1. The summed E-state index contributed by atoms with van der Waals surface area (Å²) >= 11 is 0. The molecule has 0 saturated heterocycles. The van der Waals surface area contributed by atoms with Gasteiger partial charge in [0.15, 0.2) is 5.90 Å². The van der Waals surface area contributed by atoms with Gasteiger partial charge in [0, 0.05) is 11.8 Å². The van der Waals surface area contributed by atoms with Crippen molar-refractivity contribution in [1.82, 2.24) is 0 Å². The summed E-state index contributed by atoms with van der Waals surface area (Å²) in [6.45, 7) is 6.54. The van der Waals surface area contributed by atoms with Crippen molar-refractivity contribution in [2.45, 2.75) is 39.3 Å². The molecule has 0 spiro atoms. The van der Waals surface area contributed by atoms with E-state index in [1.807, 2.05) is 0 Å². The van der Waals surface area contributed by atoms with E-state index < -0.39 is 7.92 Å². The number of ether oxygens (including phenoxy) is 1. The van der Waals surface area contributed by atoms with Crippen molar-refractivity contribution >= 4 is 29.7 Å². The van der Waals surface area contributed by atoms with Gasteiger partial charge in [-0.15, -0.1) is 0 Å². The molecule has 1 aliphatic carbocycles. The van der Waals surface area contributed by atoms with Crippen LogP contribution in [0.15, 0.2) is 83.9 Å². The molecule has 29 heavy (non-hydrogen) atoms. The molecule has 0 N–H and O–H groups in total. The fraction of sp³-hybridized carbons (Fsp3) is 0.269. The summed E-state index contributed by atoms with van der Waals surface area (Å²) in [5.41, 5.74) is 2.74. The summed E-state index contributed by atoms with van der Waals surface area (Å²) in [4.78, 5) is 5.10. The van der Waals surface area contributed by atoms with Crippen LogP contribution in [0, 0.1) is 5.41 Å². The molecule has 0 fully saturated rings. The molecule has 0 bridgehead atoms. The highest BCUT2D eigenvalue weighted by Gasteiger charge is 2.44. The first-order valence-electron chi connectivity index (χ1n) is 10.3. The zero-order chi connectivity index (χ0) is 20.0. The molecule has 3 aromatic carbocycles. The lowest BCUT2D eigenvalue weighted by Gasteiger charge is -2.23. The molecule has 1 aliphatic heterocycles. The summed E-state index contributed by atoms with van der Waals surface area (Å²) < 4.78 is 6.34. The van der Waals surface area contributed by atoms with E-state index in [0.29, 0.717) is 0 Å². The zero-order valence-electron chi connectivity index (χ0n) is 17.2. The van der Waals surface area contributed by atoms with Crippen LogP contribution in [-0.2, 0) is 11.2 Å². The summed E-state index contributed by atoms with van der Waals surface area (Å²) in [6, 6.07) is 28.7. The first-order valence-corrected chi connectivity index (χ1v) is 11.6.